The van der Waals surface area contributed by atoms with Gasteiger partial charge in [-0.1, -0.05) is 26.0 Å². The highest BCUT2D eigenvalue weighted by Crippen LogP contribution is 2.28. The molecule has 1 aliphatic rings. The van der Waals surface area contributed by atoms with E-state index in [-0.39, 0.29) is 17.1 Å². The number of hydrogen-bond donors (Lipinski definition) is 0. The summed E-state index contributed by atoms with van der Waals surface area (Å²) >= 11 is 0. The van der Waals surface area contributed by atoms with Crippen LogP contribution in [0.25, 0.3) is 0 Å². The van der Waals surface area contributed by atoms with Crippen LogP contribution in [-0.4, -0.2) is 25.2 Å². The van der Waals surface area contributed by atoms with Gasteiger partial charge in [0.25, 0.3) is 0 Å². The van der Waals surface area contributed by atoms with Gasteiger partial charge in [-0.15, -0.1) is 0 Å². The van der Waals surface area contributed by atoms with Crippen molar-refractivity contribution in [3.05, 3.63) is 54.1 Å². The highest BCUT2D eigenvalue weighted by molar-refractivity contribution is 7.85. The monoisotopic (exact) mass is 403 g/mol. The zero-order valence-corrected chi connectivity index (χ0v) is 17.2. The Morgan fingerprint density at radius 3 is 1.93 bits per heavy atom. The summed E-state index contributed by atoms with van der Waals surface area (Å²) in [5.41, 5.74) is 1.32. The summed E-state index contributed by atoms with van der Waals surface area (Å²) in [4.78, 5) is -0.245. The van der Waals surface area contributed by atoms with Crippen molar-refractivity contribution >= 4 is 10.1 Å². The number of hydrogen-bond acceptors (Lipinski definition) is 5. The lowest BCUT2D eigenvalue weighted by Gasteiger charge is -2.30. The van der Waals surface area contributed by atoms with Crippen LogP contribution >= 0.6 is 0 Å². The minimum atomic E-state index is -4.43. The summed E-state index contributed by atoms with van der Waals surface area (Å²) in [6, 6.07) is 14.0. The molecule has 0 amide bonds. The molecule has 1 fully saturated rings. The first-order valence-electron chi connectivity index (χ1n) is 9.84. The third kappa shape index (κ3) is 5.49. The van der Waals surface area contributed by atoms with E-state index in [0.29, 0.717) is 11.7 Å². The van der Waals surface area contributed by atoms with Crippen molar-refractivity contribution in [3.8, 4) is 11.5 Å². The van der Waals surface area contributed by atoms with Crippen molar-refractivity contribution in [1.82, 2.24) is 0 Å². The van der Waals surface area contributed by atoms with Crippen LogP contribution in [0, 0.1) is 0 Å². The Hall–Kier alpha value is -2.05. The minimum absolute atomic E-state index is 0.00726. The molecule has 1 aliphatic carbocycles. The predicted octanol–water partition coefficient (Wildman–Crippen LogP) is 4.87. The normalized spacial score (nSPS) is 21.1. The smallest absolute Gasteiger partial charge is 0.124 e. The molecule has 6 heteroatoms. The lowest BCUT2D eigenvalue weighted by Crippen LogP contribution is -2.31. The van der Waals surface area contributed by atoms with E-state index in [1.165, 1.54) is 29.8 Å². The van der Waals surface area contributed by atoms with Crippen LogP contribution in [0.2, 0.25) is 0 Å². The van der Waals surface area contributed by atoms with Crippen LogP contribution in [0.1, 0.15) is 57.4 Å². The van der Waals surface area contributed by atoms with Crippen LogP contribution in [0.4, 0.5) is 0 Å². The van der Waals surface area contributed by atoms with Gasteiger partial charge in [-0.05, 0) is 73.6 Å². The third-order valence-electron chi connectivity index (χ3n) is 5.36. The van der Waals surface area contributed by atoms with E-state index in [4.69, 9.17) is 9.47 Å². The molecule has 28 heavy (non-hydrogen) atoms. The van der Waals surface area contributed by atoms with E-state index >= 15 is 0 Å². The Morgan fingerprint density at radius 1 is 0.964 bits per heavy atom. The first kappa shape index (κ1) is 20.7. The molecule has 5 nitrogen and oxygen atoms in total. The van der Waals surface area contributed by atoms with E-state index in [1.54, 1.807) is 0 Å². The zero-order valence-electron chi connectivity index (χ0n) is 16.3. The van der Waals surface area contributed by atoms with Crippen LogP contribution in [-0.2, 0) is 10.1 Å². The average molecular weight is 404 g/mol. The number of ether oxygens (including phenoxy) is 2. The summed E-state index contributed by atoms with van der Waals surface area (Å²) < 4.78 is 45.2. The van der Waals surface area contributed by atoms with E-state index in [2.05, 4.69) is 26.0 Å². The number of rotatable bonds is 7. The predicted molar refractivity (Wildman–Crippen MR) is 107 cm³/mol. The highest BCUT2D eigenvalue weighted by Gasteiger charge is 2.25. The molecule has 0 N–H and O–H groups in total. The molecule has 0 saturated heterocycles. The zero-order chi connectivity index (χ0) is 20.1. The standard InChI is InChI=1S/C22H28O5S/c1-3-16(2)17-7-9-18(10-8-17)26-20-5-4-6-21(15-20)27-19-11-13-22(14-12-19)28(23,24)25/h7-14,16,20-21H,3-6,15H2,1-2H3,(H,23,24,25)/p-1. The summed E-state index contributed by atoms with van der Waals surface area (Å²) in [5, 5.41) is 0. The molecular weight excluding hydrogens is 376 g/mol. The molecule has 0 radical (unpaired) electrons. The molecule has 0 aromatic heterocycles. The lowest BCUT2D eigenvalue weighted by molar-refractivity contribution is 0.0680. The lowest BCUT2D eigenvalue weighted by atomic mass is 9.94. The molecule has 3 rings (SSSR count). The van der Waals surface area contributed by atoms with Gasteiger partial charge in [0, 0.05) is 6.42 Å². The fraction of sp³-hybridized carbons (Fsp3) is 0.455. The van der Waals surface area contributed by atoms with Gasteiger partial charge < -0.3 is 14.0 Å². The van der Waals surface area contributed by atoms with Gasteiger partial charge in [0.15, 0.2) is 0 Å². The Labute approximate surface area is 167 Å². The average Bonchev–Trinajstić information content (AvgIpc) is 2.68. The van der Waals surface area contributed by atoms with Crippen LogP contribution < -0.4 is 9.47 Å². The number of benzene rings is 2. The summed E-state index contributed by atoms with van der Waals surface area (Å²) in [6.45, 7) is 4.41. The Bertz CT molecular complexity index is 859. The fourth-order valence-corrected chi connectivity index (χ4v) is 3.97. The SMILES string of the molecule is CCC(C)c1ccc(OC2CCCC(Oc3ccc(S(=O)(=O)[O-])cc3)C2)cc1. The molecule has 0 bridgehead atoms. The van der Waals surface area contributed by atoms with Gasteiger partial charge in [-0.25, -0.2) is 8.42 Å². The van der Waals surface area contributed by atoms with Crippen LogP contribution in [0.15, 0.2) is 53.4 Å². The van der Waals surface area contributed by atoms with Gasteiger partial charge in [0.1, 0.15) is 33.8 Å². The van der Waals surface area contributed by atoms with Gasteiger partial charge in [-0.2, -0.15) is 0 Å². The Balaban J connectivity index is 1.56. The highest BCUT2D eigenvalue weighted by atomic mass is 32.2. The molecule has 3 atom stereocenters. The first-order valence-corrected chi connectivity index (χ1v) is 11.2. The second-order valence-electron chi connectivity index (χ2n) is 7.45. The van der Waals surface area contributed by atoms with Crippen molar-refractivity contribution < 1.29 is 22.4 Å². The topological polar surface area (TPSA) is 75.7 Å². The second-order valence-corrected chi connectivity index (χ2v) is 8.83. The largest absolute Gasteiger partial charge is 0.744 e. The molecular formula is C22H27O5S-. The second kappa shape index (κ2) is 8.97. The maximum absolute atomic E-state index is 11.0. The molecule has 152 valence electrons. The quantitative estimate of drug-likeness (QED) is 0.616. The van der Waals surface area contributed by atoms with E-state index in [1.807, 2.05) is 12.1 Å². The first-order chi connectivity index (χ1) is 13.3. The van der Waals surface area contributed by atoms with Gasteiger partial charge in [0.2, 0.25) is 0 Å². The molecule has 0 spiro atoms. The molecule has 2 aromatic carbocycles. The molecule has 2 aromatic rings. The van der Waals surface area contributed by atoms with Crippen LogP contribution in [0.3, 0.4) is 0 Å². The molecule has 1 saturated carbocycles. The van der Waals surface area contributed by atoms with E-state index in [0.717, 1.165) is 37.9 Å². The van der Waals surface area contributed by atoms with Crippen molar-refractivity contribution in [1.29, 1.82) is 0 Å². The third-order valence-corrected chi connectivity index (χ3v) is 6.21. The van der Waals surface area contributed by atoms with E-state index < -0.39 is 10.1 Å². The van der Waals surface area contributed by atoms with Crippen LogP contribution in [0.5, 0.6) is 11.5 Å². The van der Waals surface area contributed by atoms with Crippen molar-refractivity contribution in [3.63, 3.8) is 0 Å². The van der Waals surface area contributed by atoms with Gasteiger partial charge in [-0.3, -0.25) is 0 Å². The van der Waals surface area contributed by atoms with Gasteiger partial charge >= 0.3 is 0 Å². The fourth-order valence-electron chi connectivity index (χ4n) is 3.50. The summed E-state index contributed by atoms with van der Waals surface area (Å²) in [7, 11) is -4.43. The van der Waals surface area contributed by atoms with Crippen molar-refractivity contribution in [2.75, 3.05) is 0 Å². The maximum Gasteiger partial charge on any atom is 0.124 e. The Kier molecular flexibility index (Phi) is 6.62. The van der Waals surface area contributed by atoms with Gasteiger partial charge in [0.05, 0.1) is 4.90 Å². The maximum atomic E-state index is 11.0. The molecule has 0 aliphatic heterocycles. The van der Waals surface area contributed by atoms with Crippen molar-refractivity contribution in [2.45, 2.75) is 69.0 Å². The minimum Gasteiger partial charge on any atom is -0.744 e. The van der Waals surface area contributed by atoms with Crippen molar-refractivity contribution in [2.24, 2.45) is 0 Å². The van der Waals surface area contributed by atoms with E-state index in [9.17, 15) is 13.0 Å². The molecule has 0 heterocycles. The molecule has 3 unspecified atom stereocenters. The summed E-state index contributed by atoms with van der Waals surface area (Å²) in [6.07, 6.45) is 4.91. The summed E-state index contributed by atoms with van der Waals surface area (Å²) in [5.74, 6) is 1.99. The Morgan fingerprint density at radius 2 is 1.46 bits per heavy atom.